The third-order valence-electron chi connectivity index (χ3n) is 3.80. The van der Waals surface area contributed by atoms with Crippen LogP contribution in [-0.4, -0.2) is 37.0 Å². The van der Waals surface area contributed by atoms with Gasteiger partial charge in [0, 0.05) is 13.1 Å². The van der Waals surface area contributed by atoms with Gasteiger partial charge in [-0.3, -0.25) is 0 Å². The van der Waals surface area contributed by atoms with Crippen LogP contribution in [0, 0.1) is 5.92 Å². The van der Waals surface area contributed by atoms with E-state index in [0.717, 1.165) is 6.42 Å². The molecule has 1 aliphatic rings. The maximum absolute atomic E-state index is 12.7. The molecule has 0 bridgehead atoms. The minimum atomic E-state index is -3.58. The lowest BCUT2D eigenvalue weighted by atomic mass is 10.0. The number of nitrogens with two attached hydrogens (primary N) is 1. The molecule has 0 spiro atoms. The average Bonchev–Trinajstić information content (AvgIpc) is 2.80. The summed E-state index contributed by atoms with van der Waals surface area (Å²) in [5.74, 6) is 0.171. The predicted octanol–water partition coefficient (Wildman–Crippen LogP) is 0.537. The van der Waals surface area contributed by atoms with E-state index >= 15 is 0 Å². The average molecular weight is 284 g/mol. The molecule has 0 aliphatic carbocycles. The highest BCUT2D eigenvalue weighted by molar-refractivity contribution is 7.89. The summed E-state index contributed by atoms with van der Waals surface area (Å²) in [5.41, 5.74) is 6.22. The maximum atomic E-state index is 12.7. The maximum Gasteiger partial charge on any atom is 0.243 e. The molecule has 0 radical (unpaired) electrons. The van der Waals surface area contributed by atoms with Crippen LogP contribution < -0.4 is 5.73 Å². The van der Waals surface area contributed by atoms with E-state index in [1.807, 2.05) is 6.92 Å². The highest BCUT2D eigenvalue weighted by atomic mass is 32.2. The van der Waals surface area contributed by atoms with Gasteiger partial charge in [-0.05, 0) is 24.0 Å². The fourth-order valence-electron chi connectivity index (χ4n) is 2.59. The Morgan fingerprint density at radius 2 is 2.11 bits per heavy atom. The number of hydrogen-bond donors (Lipinski definition) is 2. The van der Waals surface area contributed by atoms with Gasteiger partial charge in [0.05, 0.1) is 17.5 Å². The molecule has 5 nitrogen and oxygen atoms in total. The number of hydrogen-bond acceptors (Lipinski definition) is 4. The molecule has 1 saturated heterocycles. The van der Waals surface area contributed by atoms with Gasteiger partial charge in [-0.2, -0.15) is 4.31 Å². The Kier molecular flexibility index (Phi) is 4.25. The van der Waals surface area contributed by atoms with E-state index in [4.69, 9.17) is 5.73 Å². The summed E-state index contributed by atoms with van der Waals surface area (Å²) in [4.78, 5) is 0.255. The van der Waals surface area contributed by atoms with Gasteiger partial charge in [0.1, 0.15) is 0 Å². The lowest BCUT2D eigenvalue weighted by Crippen LogP contribution is -2.40. The van der Waals surface area contributed by atoms with E-state index in [9.17, 15) is 13.5 Å². The summed E-state index contributed by atoms with van der Waals surface area (Å²) in [7, 11) is -3.58. The predicted molar refractivity (Wildman–Crippen MR) is 72.9 cm³/mol. The van der Waals surface area contributed by atoms with Gasteiger partial charge in [0.15, 0.2) is 0 Å². The van der Waals surface area contributed by atoms with Crippen LogP contribution in [0.4, 0.5) is 0 Å². The zero-order valence-corrected chi connectivity index (χ0v) is 11.8. The molecule has 106 valence electrons. The summed E-state index contributed by atoms with van der Waals surface area (Å²) in [6, 6.07) is 6.43. The lowest BCUT2D eigenvalue weighted by molar-refractivity contribution is 0.191. The second-order valence-electron chi connectivity index (χ2n) is 4.94. The summed E-state index contributed by atoms with van der Waals surface area (Å²) in [5, 5.41) is 9.41. The van der Waals surface area contributed by atoms with Gasteiger partial charge < -0.3 is 10.8 Å². The molecule has 0 saturated carbocycles. The molecule has 6 heteroatoms. The van der Waals surface area contributed by atoms with Gasteiger partial charge in [0.25, 0.3) is 0 Å². The van der Waals surface area contributed by atoms with Gasteiger partial charge in [-0.1, -0.05) is 25.1 Å². The molecule has 1 aromatic carbocycles. The van der Waals surface area contributed by atoms with Crippen molar-refractivity contribution < 1.29 is 13.5 Å². The third kappa shape index (κ3) is 2.53. The molecule has 0 aromatic heterocycles. The first-order valence-corrected chi connectivity index (χ1v) is 7.87. The minimum Gasteiger partial charge on any atom is -0.395 e. The largest absolute Gasteiger partial charge is 0.395 e. The number of benzene rings is 1. The van der Waals surface area contributed by atoms with Crippen molar-refractivity contribution in [3.63, 3.8) is 0 Å². The fourth-order valence-corrected chi connectivity index (χ4v) is 4.56. The Labute approximate surface area is 114 Å². The van der Waals surface area contributed by atoms with E-state index in [-0.39, 0.29) is 30.0 Å². The zero-order valence-electron chi connectivity index (χ0n) is 11.0. The van der Waals surface area contributed by atoms with Crippen LogP contribution in [0.2, 0.25) is 0 Å². The minimum absolute atomic E-state index is 0.148. The molecule has 1 aliphatic heterocycles. The summed E-state index contributed by atoms with van der Waals surface area (Å²) < 4.78 is 26.8. The molecule has 19 heavy (non-hydrogen) atoms. The SMILES string of the molecule is CC1CCN(S(=O)(=O)c2ccccc2CN)C1CO. The monoisotopic (exact) mass is 284 g/mol. The van der Waals surface area contributed by atoms with Crippen molar-refractivity contribution in [1.82, 2.24) is 4.31 Å². The summed E-state index contributed by atoms with van der Waals surface area (Å²) in [6.45, 7) is 2.45. The fraction of sp³-hybridized carbons (Fsp3) is 0.538. The molecular weight excluding hydrogens is 264 g/mol. The molecule has 1 fully saturated rings. The topological polar surface area (TPSA) is 83.6 Å². The van der Waals surface area contributed by atoms with Crippen LogP contribution in [0.1, 0.15) is 18.9 Å². The van der Waals surface area contributed by atoms with E-state index in [1.54, 1.807) is 24.3 Å². The van der Waals surface area contributed by atoms with Gasteiger partial charge in [0.2, 0.25) is 10.0 Å². The Balaban J connectivity index is 2.43. The van der Waals surface area contributed by atoms with Crippen molar-refractivity contribution in [3.8, 4) is 0 Å². The number of sulfonamides is 1. The number of rotatable bonds is 4. The van der Waals surface area contributed by atoms with Gasteiger partial charge >= 0.3 is 0 Å². The molecule has 1 aromatic rings. The van der Waals surface area contributed by atoms with Gasteiger partial charge in [-0.15, -0.1) is 0 Å². The van der Waals surface area contributed by atoms with Crippen LogP contribution in [0.5, 0.6) is 0 Å². The summed E-state index contributed by atoms with van der Waals surface area (Å²) >= 11 is 0. The van der Waals surface area contributed by atoms with Crippen LogP contribution >= 0.6 is 0 Å². The standard InChI is InChI=1S/C13H20N2O3S/c1-10-6-7-15(12(10)9-16)19(17,18)13-5-3-2-4-11(13)8-14/h2-5,10,12,16H,6-9,14H2,1H3. The molecule has 3 N–H and O–H groups in total. The quantitative estimate of drug-likeness (QED) is 0.845. The number of aliphatic hydroxyl groups excluding tert-OH is 1. The molecule has 2 rings (SSSR count). The Morgan fingerprint density at radius 1 is 1.42 bits per heavy atom. The van der Waals surface area contributed by atoms with Crippen LogP contribution in [-0.2, 0) is 16.6 Å². The normalized spacial score (nSPS) is 24.8. The third-order valence-corrected chi connectivity index (χ3v) is 5.82. The van der Waals surface area contributed by atoms with Gasteiger partial charge in [-0.25, -0.2) is 8.42 Å². The number of nitrogens with zero attached hydrogens (tertiary/aromatic N) is 1. The van der Waals surface area contributed by atoms with Crippen LogP contribution in [0.25, 0.3) is 0 Å². The Hall–Kier alpha value is -0.950. The van der Waals surface area contributed by atoms with Crippen molar-refractivity contribution in [2.24, 2.45) is 11.7 Å². The van der Waals surface area contributed by atoms with E-state index < -0.39 is 10.0 Å². The first kappa shape index (κ1) is 14.5. The molecule has 2 atom stereocenters. The van der Waals surface area contributed by atoms with Crippen LogP contribution in [0.3, 0.4) is 0 Å². The zero-order chi connectivity index (χ0) is 14.0. The highest BCUT2D eigenvalue weighted by Gasteiger charge is 2.39. The van der Waals surface area contributed by atoms with E-state index in [0.29, 0.717) is 12.1 Å². The van der Waals surface area contributed by atoms with Crippen molar-refractivity contribution in [1.29, 1.82) is 0 Å². The van der Waals surface area contributed by atoms with E-state index in [1.165, 1.54) is 4.31 Å². The first-order valence-electron chi connectivity index (χ1n) is 6.43. The Bertz CT molecular complexity index is 545. The second kappa shape index (κ2) is 5.58. The van der Waals surface area contributed by atoms with E-state index in [2.05, 4.69) is 0 Å². The van der Waals surface area contributed by atoms with Crippen molar-refractivity contribution in [3.05, 3.63) is 29.8 Å². The first-order chi connectivity index (χ1) is 9.02. The van der Waals surface area contributed by atoms with Crippen molar-refractivity contribution >= 4 is 10.0 Å². The molecule has 2 unspecified atom stereocenters. The molecule has 1 heterocycles. The number of aliphatic hydroxyl groups is 1. The lowest BCUT2D eigenvalue weighted by Gasteiger charge is -2.25. The Morgan fingerprint density at radius 3 is 2.74 bits per heavy atom. The highest BCUT2D eigenvalue weighted by Crippen LogP contribution is 2.30. The second-order valence-corrected chi connectivity index (χ2v) is 6.80. The molecule has 0 amide bonds. The van der Waals surface area contributed by atoms with Crippen molar-refractivity contribution in [2.75, 3.05) is 13.2 Å². The molecular formula is C13H20N2O3S. The summed E-state index contributed by atoms with van der Waals surface area (Å²) in [6.07, 6.45) is 0.773. The van der Waals surface area contributed by atoms with Crippen LogP contribution in [0.15, 0.2) is 29.2 Å². The smallest absolute Gasteiger partial charge is 0.243 e. The van der Waals surface area contributed by atoms with Crippen molar-refractivity contribution in [2.45, 2.75) is 30.8 Å².